The number of hydrogen-bond donors (Lipinski definition) is 1. The Kier molecular flexibility index (Phi) is 3.17. The summed E-state index contributed by atoms with van der Waals surface area (Å²) in [5, 5.41) is 9.56. The van der Waals surface area contributed by atoms with Crippen LogP contribution in [0.25, 0.3) is 6.08 Å². The molecule has 2 aliphatic rings. The smallest absolute Gasteiger partial charge is 0.231 e. The van der Waals surface area contributed by atoms with E-state index in [9.17, 15) is 9.90 Å². The molecule has 2 heterocycles. The van der Waals surface area contributed by atoms with Crippen molar-refractivity contribution in [3.8, 4) is 17.2 Å². The Morgan fingerprint density at radius 1 is 1.21 bits per heavy atom. The van der Waals surface area contributed by atoms with Crippen LogP contribution in [-0.4, -0.2) is 16.5 Å². The maximum Gasteiger partial charge on any atom is 0.231 e. The van der Waals surface area contributed by atoms with Gasteiger partial charge in [-0.05, 0) is 62.6 Å². The average Bonchev–Trinajstić information content (AvgIpc) is 2.83. The van der Waals surface area contributed by atoms with E-state index in [0.717, 1.165) is 29.7 Å². The van der Waals surface area contributed by atoms with E-state index in [1.165, 1.54) is 0 Å². The number of carbonyl (C=O) groups excluding carboxylic acids is 1. The lowest BCUT2D eigenvalue weighted by molar-refractivity contribution is 0.0838. The molecule has 1 N–H and O–H groups in total. The van der Waals surface area contributed by atoms with Crippen LogP contribution in [0.1, 0.15) is 41.8 Å². The van der Waals surface area contributed by atoms with Crippen molar-refractivity contribution in [1.29, 1.82) is 0 Å². The van der Waals surface area contributed by atoms with Gasteiger partial charge in [-0.15, -0.1) is 0 Å². The second kappa shape index (κ2) is 5.13. The molecule has 0 atom stereocenters. The van der Waals surface area contributed by atoms with Gasteiger partial charge in [0.1, 0.15) is 22.8 Å². The average molecular weight is 322 g/mol. The van der Waals surface area contributed by atoms with Gasteiger partial charge in [0.15, 0.2) is 5.76 Å². The summed E-state index contributed by atoms with van der Waals surface area (Å²) in [5.41, 5.74) is 2.05. The number of ether oxygens (including phenoxy) is 2. The Morgan fingerprint density at radius 2 is 2.04 bits per heavy atom. The number of fused-ring (bicyclic) bond motifs is 3. The molecule has 0 fully saturated rings. The van der Waals surface area contributed by atoms with Crippen LogP contribution in [0.2, 0.25) is 0 Å². The minimum absolute atomic E-state index is 0.138. The molecule has 0 saturated carbocycles. The summed E-state index contributed by atoms with van der Waals surface area (Å²) < 4.78 is 11.9. The third kappa shape index (κ3) is 2.44. The van der Waals surface area contributed by atoms with Crippen molar-refractivity contribution < 1.29 is 19.4 Å². The molecular formula is C20H18O4. The fraction of sp³-hybridized carbons (Fsp3) is 0.250. The van der Waals surface area contributed by atoms with Crippen molar-refractivity contribution in [1.82, 2.24) is 0 Å². The second-order valence-corrected chi connectivity index (χ2v) is 6.82. The zero-order valence-corrected chi connectivity index (χ0v) is 13.6. The molecule has 0 aromatic heterocycles. The van der Waals surface area contributed by atoms with Gasteiger partial charge >= 0.3 is 0 Å². The summed E-state index contributed by atoms with van der Waals surface area (Å²) in [4.78, 5) is 12.6. The topological polar surface area (TPSA) is 55.8 Å². The minimum atomic E-state index is -0.204. The fourth-order valence-electron chi connectivity index (χ4n) is 3.16. The van der Waals surface area contributed by atoms with Crippen LogP contribution in [0.3, 0.4) is 0 Å². The Morgan fingerprint density at radius 3 is 2.83 bits per heavy atom. The van der Waals surface area contributed by atoms with E-state index in [1.54, 1.807) is 30.3 Å². The van der Waals surface area contributed by atoms with Crippen LogP contribution in [0, 0.1) is 0 Å². The Hall–Kier alpha value is -2.75. The zero-order chi connectivity index (χ0) is 16.9. The number of phenolic OH excluding ortho intramolecular Hbond substituents is 1. The predicted molar refractivity (Wildman–Crippen MR) is 90.5 cm³/mol. The monoisotopic (exact) mass is 322 g/mol. The molecule has 2 aromatic rings. The summed E-state index contributed by atoms with van der Waals surface area (Å²) in [6.07, 6.45) is 3.35. The standard InChI is InChI=1S/C20H18O4/c1-20(2)9-8-14-16(24-20)7-6-15-18(22)17(23-19(14)15)11-12-4-3-5-13(21)10-12/h3-7,10-11,21H,8-9H2,1-2H3/b17-11-. The molecule has 122 valence electrons. The van der Waals surface area contributed by atoms with Crippen molar-refractivity contribution in [2.75, 3.05) is 0 Å². The minimum Gasteiger partial charge on any atom is -0.508 e. The highest BCUT2D eigenvalue weighted by Gasteiger charge is 2.35. The van der Waals surface area contributed by atoms with Gasteiger partial charge < -0.3 is 14.6 Å². The molecule has 0 saturated heterocycles. The van der Waals surface area contributed by atoms with Gasteiger partial charge in [-0.1, -0.05) is 12.1 Å². The van der Waals surface area contributed by atoms with E-state index in [1.807, 2.05) is 12.1 Å². The van der Waals surface area contributed by atoms with Gasteiger partial charge in [0, 0.05) is 5.56 Å². The number of carbonyl (C=O) groups is 1. The maximum absolute atomic E-state index is 12.6. The number of aromatic hydroxyl groups is 1. The first-order chi connectivity index (χ1) is 11.4. The number of ketones is 1. The summed E-state index contributed by atoms with van der Waals surface area (Å²) >= 11 is 0. The molecular weight excluding hydrogens is 304 g/mol. The first kappa shape index (κ1) is 14.8. The third-order valence-electron chi connectivity index (χ3n) is 4.43. The van der Waals surface area contributed by atoms with Gasteiger partial charge in [0.2, 0.25) is 5.78 Å². The predicted octanol–water partition coefficient (Wildman–Crippen LogP) is 4.11. The van der Waals surface area contributed by atoms with Gasteiger partial charge in [0.05, 0.1) is 5.56 Å². The van der Waals surface area contributed by atoms with Crippen LogP contribution in [-0.2, 0) is 6.42 Å². The number of hydrogen-bond acceptors (Lipinski definition) is 4. The summed E-state index contributed by atoms with van der Waals surface area (Å²) in [6.45, 7) is 4.12. The van der Waals surface area contributed by atoms with E-state index < -0.39 is 0 Å². The number of rotatable bonds is 1. The highest BCUT2D eigenvalue weighted by molar-refractivity contribution is 6.15. The van der Waals surface area contributed by atoms with Crippen LogP contribution in [0.15, 0.2) is 42.2 Å². The SMILES string of the molecule is CC1(C)CCc2c(ccc3c2O/C(=C\c2cccc(O)c2)C3=O)O1. The molecule has 24 heavy (non-hydrogen) atoms. The number of phenols is 1. The molecule has 2 aliphatic heterocycles. The lowest BCUT2D eigenvalue weighted by atomic mass is 9.92. The molecule has 0 amide bonds. The largest absolute Gasteiger partial charge is 0.508 e. The van der Waals surface area contributed by atoms with Crippen LogP contribution >= 0.6 is 0 Å². The lowest BCUT2D eigenvalue weighted by Crippen LogP contribution is -2.32. The van der Waals surface area contributed by atoms with Gasteiger partial charge in [0.25, 0.3) is 0 Å². The highest BCUT2D eigenvalue weighted by atomic mass is 16.5. The highest BCUT2D eigenvalue weighted by Crippen LogP contribution is 2.44. The molecule has 0 unspecified atom stereocenters. The van der Waals surface area contributed by atoms with Crippen molar-refractivity contribution in [3.63, 3.8) is 0 Å². The first-order valence-electron chi connectivity index (χ1n) is 8.01. The normalized spacial score (nSPS) is 19.4. The van der Waals surface area contributed by atoms with Gasteiger partial charge in [-0.2, -0.15) is 0 Å². The summed E-state index contributed by atoms with van der Waals surface area (Å²) in [5.74, 6) is 1.69. The molecule has 4 rings (SSSR count). The van der Waals surface area contributed by atoms with Crippen LogP contribution in [0.5, 0.6) is 17.2 Å². The van der Waals surface area contributed by atoms with Gasteiger partial charge in [-0.3, -0.25) is 4.79 Å². The van der Waals surface area contributed by atoms with Crippen molar-refractivity contribution >= 4 is 11.9 Å². The quantitative estimate of drug-likeness (QED) is 0.803. The van der Waals surface area contributed by atoms with Crippen molar-refractivity contribution in [3.05, 3.63) is 58.8 Å². The number of benzene rings is 2. The van der Waals surface area contributed by atoms with Crippen molar-refractivity contribution in [2.45, 2.75) is 32.3 Å². The van der Waals surface area contributed by atoms with E-state index in [0.29, 0.717) is 11.3 Å². The van der Waals surface area contributed by atoms with E-state index in [4.69, 9.17) is 9.47 Å². The maximum atomic E-state index is 12.6. The van der Waals surface area contributed by atoms with Crippen molar-refractivity contribution in [2.24, 2.45) is 0 Å². The number of allylic oxidation sites excluding steroid dienone is 1. The van der Waals surface area contributed by atoms with E-state index in [2.05, 4.69) is 13.8 Å². The molecule has 0 bridgehead atoms. The zero-order valence-electron chi connectivity index (χ0n) is 13.6. The molecule has 2 aromatic carbocycles. The third-order valence-corrected chi connectivity index (χ3v) is 4.43. The Bertz CT molecular complexity index is 877. The van der Waals surface area contributed by atoms with Crippen LogP contribution in [0.4, 0.5) is 0 Å². The molecule has 0 radical (unpaired) electrons. The van der Waals surface area contributed by atoms with E-state index >= 15 is 0 Å². The lowest BCUT2D eigenvalue weighted by Gasteiger charge is -2.33. The number of Topliss-reactive ketones (excluding diaryl/α,β-unsaturated/α-hetero) is 1. The Balaban J connectivity index is 1.73. The fourth-order valence-corrected chi connectivity index (χ4v) is 3.16. The molecule has 0 aliphatic carbocycles. The molecule has 4 nitrogen and oxygen atoms in total. The molecule has 4 heteroatoms. The second-order valence-electron chi connectivity index (χ2n) is 6.82. The summed E-state index contributed by atoms with van der Waals surface area (Å²) in [6, 6.07) is 10.3. The summed E-state index contributed by atoms with van der Waals surface area (Å²) in [7, 11) is 0. The first-order valence-corrected chi connectivity index (χ1v) is 8.01. The Labute approximate surface area is 140 Å². The van der Waals surface area contributed by atoms with Gasteiger partial charge in [-0.25, -0.2) is 0 Å². The van der Waals surface area contributed by atoms with E-state index in [-0.39, 0.29) is 22.9 Å². The van der Waals surface area contributed by atoms with Crippen LogP contribution < -0.4 is 9.47 Å². The molecule has 0 spiro atoms.